The van der Waals surface area contributed by atoms with Crippen LogP contribution in [0.1, 0.15) is 21.6 Å². The Morgan fingerprint density at radius 3 is 2.63 bits per heavy atom. The molecular formula is C19H13Cl2N3O3. The van der Waals surface area contributed by atoms with Crippen LogP contribution in [0.4, 0.5) is 5.69 Å². The molecule has 0 saturated carbocycles. The number of halogens is 2. The number of hydrogen-bond acceptors (Lipinski definition) is 4. The van der Waals surface area contributed by atoms with E-state index in [1.165, 1.54) is 35.0 Å². The molecule has 1 aromatic heterocycles. The van der Waals surface area contributed by atoms with Crippen LogP contribution in [0.25, 0.3) is 11.8 Å². The number of benzene rings is 2. The van der Waals surface area contributed by atoms with Crippen molar-refractivity contribution in [1.82, 2.24) is 9.78 Å². The molecule has 0 amide bonds. The fourth-order valence-corrected chi connectivity index (χ4v) is 3.03. The minimum Gasteiger partial charge on any atom is -0.289 e. The number of rotatable bonds is 5. The van der Waals surface area contributed by atoms with Crippen LogP contribution in [0.3, 0.4) is 0 Å². The third-order valence-corrected chi connectivity index (χ3v) is 4.44. The molecule has 0 aliphatic rings. The topological polar surface area (TPSA) is 78.0 Å². The second-order valence-electron chi connectivity index (χ2n) is 5.69. The van der Waals surface area contributed by atoms with Crippen molar-refractivity contribution in [3.8, 4) is 5.69 Å². The van der Waals surface area contributed by atoms with Crippen molar-refractivity contribution in [2.45, 2.75) is 6.92 Å². The molecule has 3 aromatic rings. The number of nitro benzene ring substituents is 1. The maximum atomic E-state index is 12.3. The monoisotopic (exact) mass is 401 g/mol. The Kier molecular flexibility index (Phi) is 5.39. The average Bonchev–Trinajstić information content (AvgIpc) is 2.93. The molecule has 6 nitrogen and oxygen atoms in total. The normalized spacial score (nSPS) is 11.1. The fraction of sp³-hybridized carbons (Fsp3) is 0.0526. The first kappa shape index (κ1) is 18.8. The molecule has 8 heteroatoms. The van der Waals surface area contributed by atoms with E-state index in [4.69, 9.17) is 23.2 Å². The van der Waals surface area contributed by atoms with Crippen molar-refractivity contribution in [1.29, 1.82) is 0 Å². The van der Waals surface area contributed by atoms with Gasteiger partial charge in [0.2, 0.25) is 0 Å². The first-order valence-electron chi connectivity index (χ1n) is 7.85. The van der Waals surface area contributed by atoms with Crippen molar-refractivity contribution < 1.29 is 9.72 Å². The van der Waals surface area contributed by atoms with Crippen LogP contribution in [0.5, 0.6) is 0 Å². The van der Waals surface area contributed by atoms with Gasteiger partial charge < -0.3 is 0 Å². The Balaban J connectivity index is 1.91. The first-order chi connectivity index (χ1) is 12.9. The summed E-state index contributed by atoms with van der Waals surface area (Å²) in [7, 11) is 0. The van der Waals surface area contributed by atoms with Gasteiger partial charge in [-0.1, -0.05) is 41.4 Å². The summed E-state index contributed by atoms with van der Waals surface area (Å²) in [5.41, 5.74) is 1.98. The lowest BCUT2D eigenvalue weighted by molar-refractivity contribution is -0.384. The molecule has 0 unspecified atom stereocenters. The highest BCUT2D eigenvalue weighted by Gasteiger charge is 2.14. The van der Waals surface area contributed by atoms with Gasteiger partial charge in [0.05, 0.1) is 16.3 Å². The molecule has 0 spiro atoms. The van der Waals surface area contributed by atoms with Crippen LogP contribution in [0.15, 0.2) is 54.6 Å². The van der Waals surface area contributed by atoms with Crippen LogP contribution >= 0.6 is 23.2 Å². The van der Waals surface area contributed by atoms with Gasteiger partial charge in [0.15, 0.2) is 5.78 Å². The smallest absolute Gasteiger partial charge is 0.270 e. The molecule has 0 aliphatic heterocycles. The molecular weight excluding hydrogens is 389 g/mol. The van der Waals surface area contributed by atoms with Crippen molar-refractivity contribution in [2.75, 3.05) is 0 Å². The molecule has 0 N–H and O–H groups in total. The van der Waals surface area contributed by atoms with Crippen LogP contribution in [0, 0.1) is 17.0 Å². The number of aryl methyl sites for hydroxylation is 1. The van der Waals surface area contributed by atoms with Gasteiger partial charge in [0, 0.05) is 28.3 Å². The van der Waals surface area contributed by atoms with Crippen LogP contribution in [-0.4, -0.2) is 20.5 Å². The van der Waals surface area contributed by atoms with E-state index in [2.05, 4.69) is 5.10 Å². The SMILES string of the molecule is Cc1nn(-c2cccc(Cl)c2)c(Cl)c1C=CC(=O)c1cccc([N+](=O)[O-])c1. The minimum absolute atomic E-state index is 0.141. The van der Waals surface area contributed by atoms with Gasteiger partial charge >= 0.3 is 0 Å². The summed E-state index contributed by atoms with van der Waals surface area (Å²) in [6.07, 6.45) is 2.87. The lowest BCUT2D eigenvalue weighted by atomic mass is 10.1. The van der Waals surface area contributed by atoms with Crippen molar-refractivity contribution in [2.24, 2.45) is 0 Å². The minimum atomic E-state index is -0.545. The van der Waals surface area contributed by atoms with Crippen molar-refractivity contribution in [3.05, 3.63) is 91.7 Å². The maximum absolute atomic E-state index is 12.3. The summed E-state index contributed by atoms with van der Waals surface area (Å²) in [5.74, 6) is -0.371. The zero-order valence-corrected chi connectivity index (χ0v) is 15.6. The predicted molar refractivity (Wildman–Crippen MR) is 105 cm³/mol. The Labute approximate surface area is 164 Å². The zero-order valence-electron chi connectivity index (χ0n) is 14.1. The van der Waals surface area contributed by atoms with Gasteiger partial charge in [-0.3, -0.25) is 14.9 Å². The molecule has 0 bridgehead atoms. The van der Waals surface area contributed by atoms with E-state index < -0.39 is 4.92 Å². The van der Waals surface area contributed by atoms with Gasteiger partial charge in [-0.05, 0) is 37.3 Å². The van der Waals surface area contributed by atoms with Gasteiger partial charge in [0.25, 0.3) is 5.69 Å². The van der Waals surface area contributed by atoms with Gasteiger partial charge in [-0.25, -0.2) is 4.68 Å². The summed E-state index contributed by atoms with van der Waals surface area (Å²) in [5, 5.41) is 16.1. The van der Waals surface area contributed by atoms with Gasteiger partial charge in [-0.2, -0.15) is 5.10 Å². The summed E-state index contributed by atoms with van der Waals surface area (Å²) in [6.45, 7) is 1.77. The van der Waals surface area contributed by atoms with E-state index in [1.807, 2.05) is 6.07 Å². The highest BCUT2D eigenvalue weighted by Crippen LogP contribution is 2.26. The zero-order chi connectivity index (χ0) is 19.6. The lowest BCUT2D eigenvalue weighted by Crippen LogP contribution is -1.97. The van der Waals surface area contributed by atoms with E-state index >= 15 is 0 Å². The largest absolute Gasteiger partial charge is 0.289 e. The van der Waals surface area contributed by atoms with E-state index in [-0.39, 0.29) is 17.0 Å². The van der Waals surface area contributed by atoms with Crippen LogP contribution in [0.2, 0.25) is 10.2 Å². The molecule has 0 radical (unpaired) electrons. The predicted octanol–water partition coefficient (Wildman–Crippen LogP) is 5.29. The second kappa shape index (κ2) is 7.73. The van der Waals surface area contributed by atoms with E-state index in [1.54, 1.807) is 31.2 Å². The number of hydrogen-bond donors (Lipinski definition) is 0. The number of carbonyl (C=O) groups excluding carboxylic acids is 1. The number of aromatic nitrogens is 2. The van der Waals surface area contributed by atoms with E-state index in [9.17, 15) is 14.9 Å². The summed E-state index contributed by atoms with van der Waals surface area (Å²) in [6, 6.07) is 12.6. The Morgan fingerprint density at radius 2 is 1.93 bits per heavy atom. The van der Waals surface area contributed by atoms with Crippen molar-refractivity contribution >= 4 is 40.7 Å². The van der Waals surface area contributed by atoms with Gasteiger partial charge in [0.1, 0.15) is 5.15 Å². The first-order valence-corrected chi connectivity index (χ1v) is 8.60. The third-order valence-electron chi connectivity index (χ3n) is 3.84. The number of carbonyl (C=O) groups is 1. The summed E-state index contributed by atoms with van der Waals surface area (Å²) >= 11 is 12.4. The highest BCUT2D eigenvalue weighted by atomic mass is 35.5. The molecule has 136 valence electrons. The van der Waals surface area contributed by atoms with Crippen LogP contribution in [-0.2, 0) is 0 Å². The molecule has 0 atom stereocenters. The Morgan fingerprint density at radius 1 is 1.19 bits per heavy atom. The van der Waals surface area contributed by atoms with Crippen molar-refractivity contribution in [3.63, 3.8) is 0 Å². The molecule has 1 heterocycles. The molecule has 27 heavy (non-hydrogen) atoms. The van der Waals surface area contributed by atoms with E-state index in [0.717, 1.165) is 0 Å². The standard InChI is InChI=1S/C19H13Cl2N3O3/c1-12-17(19(21)23(22-12)15-6-3-5-14(20)11-15)8-9-18(25)13-4-2-7-16(10-13)24(26)27/h2-11H,1H3. The summed E-state index contributed by atoms with van der Waals surface area (Å²) in [4.78, 5) is 22.6. The molecule has 2 aromatic carbocycles. The highest BCUT2D eigenvalue weighted by molar-refractivity contribution is 6.32. The molecule has 0 saturated heterocycles. The van der Waals surface area contributed by atoms with E-state index in [0.29, 0.717) is 27.1 Å². The number of allylic oxidation sites excluding steroid dienone is 1. The fourth-order valence-electron chi connectivity index (χ4n) is 2.51. The number of non-ortho nitro benzene ring substituents is 1. The van der Waals surface area contributed by atoms with Gasteiger partial charge in [-0.15, -0.1) is 0 Å². The number of ketones is 1. The molecule has 3 rings (SSSR count). The molecule has 0 fully saturated rings. The third kappa shape index (κ3) is 4.07. The Hall–Kier alpha value is -2.96. The second-order valence-corrected chi connectivity index (χ2v) is 6.48. The maximum Gasteiger partial charge on any atom is 0.270 e. The lowest BCUT2D eigenvalue weighted by Gasteiger charge is -2.03. The quantitative estimate of drug-likeness (QED) is 0.251. The summed E-state index contributed by atoms with van der Waals surface area (Å²) < 4.78 is 1.53. The number of nitro groups is 1. The Bertz CT molecular complexity index is 1070. The molecule has 0 aliphatic carbocycles. The van der Waals surface area contributed by atoms with Crippen LogP contribution < -0.4 is 0 Å². The number of nitrogens with zero attached hydrogens (tertiary/aromatic N) is 3. The average molecular weight is 402 g/mol.